The lowest BCUT2D eigenvalue weighted by Gasteiger charge is -2.10. The van der Waals surface area contributed by atoms with Crippen LogP contribution < -0.4 is 24.4 Å². The second-order valence-electron chi connectivity index (χ2n) is 5.24. The van der Waals surface area contributed by atoms with Crippen molar-refractivity contribution in [3.63, 3.8) is 0 Å². The van der Waals surface area contributed by atoms with Crippen LogP contribution in [0.1, 0.15) is 5.56 Å². The lowest BCUT2D eigenvalue weighted by molar-refractivity contribution is -0.123. The minimum atomic E-state index is -0.393. The van der Waals surface area contributed by atoms with Crippen molar-refractivity contribution in [3.8, 4) is 23.0 Å². The minimum Gasteiger partial charge on any atom is -0.493 e. The normalized spacial score (nSPS) is 10.3. The van der Waals surface area contributed by atoms with Gasteiger partial charge >= 0.3 is 0 Å². The summed E-state index contributed by atoms with van der Waals surface area (Å²) >= 11 is 0. The van der Waals surface area contributed by atoms with Crippen molar-refractivity contribution in [1.29, 1.82) is 0 Å². The van der Waals surface area contributed by atoms with Crippen LogP contribution in [0.15, 0.2) is 60.2 Å². The Bertz CT molecular complexity index is 805. The molecule has 1 amide bonds. The Morgan fingerprint density at radius 2 is 1.74 bits per heavy atom. The molecule has 0 saturated heterocycles. The van der Waals surface area contributed by atoms with E-state index in [1.54, 1.807) is 49.6 Å². The number of benzene rings is 2. The summed E-state index contributed by atoms with van der Waals surface area (Å²) in [6.45, 7) is 3.80. The van der Waals surface area contributed by atoms with E-state index in [4.69, 9.17) is 18.9 Å². The minimum absolute atomic E-state index is 0.185. The molecule has 0 aliphatic rings. The van der Waals surface area contributed by atoms with E-state index in [0.29, 0.717) is 29.6 Å². The highest BCUT2D eigenvalue weighted by Gasteiger charge is 2.07. The molecule has 0 aliphatic carbocycles. The van der Waals surface area contributed by atoms with Crippen molar-refractivity contribution in [2.45, 2.75) is 0 Å². The molecule has 0 aromatic heterocycles. The molecule has 0 heterocycles. The van der Waals surface area contributed by atoms with Crippen LogP contribution in [0, 0.1) is 0 Å². The molecule has 0 saturated carbocycles. The third kappa shape index (κ3) is 6.07. The number of hydrogen-bond donors (Lipinski definition) is 1. The van der Waals surface area contributed by atoms with Crippen molar-refractivity contribution in [2.75, 3.05) is 27.4 Å². The zero-order valence-electron chi connectivity index (χ0n) is 15.3. The van der Waals surface area contributed by atoms with E-state index in [2.05, 4.69) is 17.1 Å². The molecule has 0 bridgehead atoms. The summed E-state index contributed by atoms with van der Waals surface area (Å²) in [5.41, 5.74) is 3.14. The average molecular weight is 370 g/mol. The van der Waals surface area contributed by atoms with E-state index in [0.717, 1.165) is 5.56 Å². The van der Waals surface area contributed by atoms with Gasteiger partial charge in [0.2, 0.25) is 0 Å². The Kier molecular flexibility index (Phi) is 7.71. The average Bonchev–Trinajstić information content (AvgIpc) is 2.71. The highest BCUT2D eigenvalue weighted by atomic mass is 16.5. The monoisotopic (exact) mass is 370 g/mol. The van der Waals surface area contributed by atoms with E-state index in [1.165, 1.54) is 13.3 Å². The number of methoxy groups -OCH3 is 2. The standard InChI is InChI=1S/C20H22N2O5/c1-4-11-26-18-10-9-15(12-19(18)25-3)13-21-22-20(23)14-27-17-8-6-5-7-16(17)24-2/h4-10,12-13H,1,11,14H2,2-3H3,(H,22,23)/b21-13-. The number of hydrazone groups is 1. The van der Waals surface area contributed by atoms with Gasteiger partial charge in [-0.05, 0) is 35.9 Å². The Balaban J connectivity index is 1.88. The van der Waals surface area contributed by atoms with Crippen LogP contribution in [0.3, 0.4) is 0 Å². The number of nitrogens with zero attached hydrogens (tertiary/aromatic N) is 1. The van der Waals surface area contributed by atoms with Crippen molar-refractivity contribution < 1.29 is 23.7 Å². The summed E-state index contributed by atoms with van der Waals surface area (Å²) in [5, 5.41) is 3.92. The maximum absolute atomic E-state index is 11.9. The highest BCUT2D eigenvalue weighted by Crippen LogP contribution is 2.27. The van der Waals surface area contributed by atoms with Gasteiger partial charge in [-0.1, -0.05) is 24.8 Å². The van der Waals surface area contributed by atoms with Crippen LogP contribution in [0.2, 0.25) is 0 Å². The van der Waals surface area contributed by atoms with Crippen LogP contribution in [0.5, 0.6) is 23.0 Å². The first-order valence-electron chi connectivity index (χ1n) is 8.17. The maximum Gasteiger partial charge on any atom is 0.277 e. The molecule has 2 aromatic carbocycles. The van der Waals surface area contributed by atoms with E-state index in [-0.39, 0.29) is 6.61 Å². The van der Waals surface area contributed by atoms with Gasteiger partial charge in [-0.2, -0.15) is 5.10 Å². The first-order chi connectivity index (χ1) is 13.2. The largest absolute Gasteiger partial charge is 0.493 e. The number of nitrogens with one attached hydrogen (secondary N) is 1. The van der Waals surface area contributed by atoms with E-state index in [1.807, 2.05) is 6.07 Å². The molecule has 0 atom stereocenters. The Morgan fingerprint density at radius 1 is 1.04 bits per heavy atom. The van der Waals surface area contributed by atoms with Gasteiger partial charge in [0.25, 0.3) is 5.91 Å². The van der Waals surface area contributed by atoms with Crippen LogP contribution in [-0.4, -0.2) is 39.6 Å². The van der Waals surface area contributed by atoms with Crippen LogP contribution in [0.4, 0.5) is 0 Å². The molecule has 142 valence electrons. The molecule has 7 nitrogen and oxygen atoms in total. The molecule has 0 radical (unpaired) electrons. The molecule has 27 heavy (non-hydrogen) atoms. The summed E-state index contributed by atoms with van der Waals surface area (Å²) in [5.74, 6) is 1.81. The Morgan fingerprint density at radius 3 is 2.44 bits per heavy atom. The number of para-hydroxylation sites is 2. The Hall–Kier alpha value is -3.48. The molecule has 0 spiro atoms. The zero-order valence-corrected chi connectivity index (χ0v) is 15.3. The van der Waals surface area contributed by atoms with Gasteiger partial charge < -0.3 is 18.9 Å². The molecule has 2 rings (SSSR count). The number of carbonyl (C=O) groups is 1. The highest BCUT2D eigenvalue weighted by molar-refractivity contribution is 5.83. The van der Waals surface area contributed by atoms with Gasteiger partial charge in [-0.25, -0.2) is 5.43 Å². The predicted molar refractivity (Wildman–Crippen MR) is 103 cm³/mol. The third-order valence-electron chi connectivity index (χ3n) is 3.38. The van der Waals surface area contributed by atoms with Gasteiger partial charge in [-0.15, -0.1) is 0 Å². The van der Waals surface area contributed by atoms with Crippen molar-refractivity contribution in [1.82, 2.24) is 5.43 Å². The predicted octanol–water partition coefficient (Wildman–Crippen LogP) is 2.80. The zero-order chi connectivity index (χ0) is 19.5. The molecule has 1 N–H and O–H groups in total. The summed E-state index contributed by atoms with van der Waals surface area (Å²) in [4.78, 5) is 11.9. The molecule has 2 aromatic rings. The number of amides is 1. The fraction of sp³-hybridized carbons (Fsp3) is 0.200. The quantitative estimate of drug-likeness (QED) is 0.395. The first kappa shape index (κ1) is 19.8. The summed E-state index contributed by atoms with van der Waals surface area (Å²) < 4.78 is 21.3. The van der Waals surface area contributed by atoms with Gasteiger partial charge in [0, 0.05) is 0 Å². The summed E-state index contributed by atoms with van der Waals surface area (Å²) in [6.07, 6.45) is 3.15. The molecular weight excluding hydrogens is 348 g/mol. The van der Waals surface area contributed by atoms with Gasteiger partial charge in [0.15, 0.2) is 29.6 Å². The van der Waals surface area contributed by atoms with Gasteiger partial charge in [0.05, 0.1) is 20.4 Å². The SMILES string of the molecule is C=CCOc1ccc(/C=N\NC(=O)COc2ccccc2OC)cc1OC. The summed E-state index contributed by atoms with van der Waals surface area (Å²) in [7, 11) is 3.09. The molecule has 0 aliphatic heterocycles. The topological polar surface area (TPSA) is 78.4 Å². The molecular formula is C20H22N2O5. The van der Waals surface area contributed by atoms with E-state index in [9.17, 15) is 4.79 Å². The lowest BCUT2D eigenvalue weighted by Crippen LogP contribution is -2.24. The summed E-state index contributed by atoms with van der Waals surface area (Å²) in [6, 6.07) is 12.4. The first-order valence-corrected chi connectivity index (χ1v) is 8.17. The third-order valence-corrected chi connectivity index (χ3v) is 3.38. The second kappa shape index (κ2) is 10.5. The van der Waals surface area contributed by atoms with Crippen LogP contribution >= 0.6 is 0 Å². The number of carbonyl (C=O) groups excluding carboxylic acids is 1. The number of hydrogen-bond acceptors (Lipinski definition) is 6. The van der Waals surface area contributed by atoms with Crippen molar-refractivity contribution >= 4 is 12.1 Å². The van der Waals surface area contributed by atoms with Crippen molar-refractivity contribution in [3.05, 3.63) is 60.7 Å². The van der Waals surface area contributed by atoms with Crippen LogP contribution in [0.25, 0.3) is 0 Å². The van der Waals surface area contributed by atoms with E-state index < -0.39 is 5.91 Å². The number of rotatable bonds is 10. The fourth-order valence-electron chi connectivity index (χ4n) is 2.12. The smallest absolute Gasteiger partial charge is 0.277 e. The molecule has 7 heteroatoms. The van der Waals surface area contributed by atoms with Crippen molar-refractivity contribution in [2.24, 2.45) is 5.10 Å². The maximum atomic E-state index is 11.9. The number of ether oxygens (including phenoxy) is 4. The van der Waals surface area contributed by atoms with E-state index >= 15 is 0 Å². The lowest BCUT2D eigenvalue weighted by atomic mass is 10.2. The van der Waals surface area contributed by atoms with Gasteiger partial charge in [-0.3, -0.25) is 4.79 Å². The molecule has 0 unspecified atom stereocenters. The molecule has 0 fully saturated rings. The second-order valence-corrected chi connectivity index (χ2v) is 5.24. The fourth-order valence-corrected chi connectivity index (χ4v) is 2.12. The van der Waals surface area contributed by atoms with Gasteiger partial charge in [0.1, 0.15) is 6.61 Å². The Labute approximate surface area is 158 Å². The van der Waals surface area contributed by atoms with Crippen LogP contribution in [-0.2, 0) is 4.79 Å².